The van der Waals surface area contributed by atoms with Crippen molar-refractivity contribution in [2.75, 3.05) is 18.4 Å². The summed E-state index contributed by atoms with van der Waals surface area (Å²) in [4.78, 5) is 8.39. The van der Waals surface area contributed by atoms with E-state index in [2.05, 4.69) is 29.0 Å². The molecule has 0 amide bonds. The third kappa shape index (κ3) is 3.42. The lowest BCUT2D eigenvalue weighted by molar-refractivity contribution is 0.202. The Morgan fingerprint density at radius 3 is 2.82 bits per heavy atom. The monoisotopic (exact) mass is 253 g/mol. The van der Waals surface area contributed by atoms with E-state index in [1.807, 2.05) is 6.20 Å². The second-order valence-corrected chi connectivity index (χ2v) is 5.78. The summed E-state index contributed by atoms with van der Waals surface area (Å²) in [5, 5.41) is 4.34. The summed E-state index contributed by atoms with van der Waals surface area (Å²) >= 11 is 1.80. The number of nitrogens with zero attached hydrogens (tertiary/aromatic N) is 2. The van der Waals surface area contributed by atoms with E-state index in [0.717, 1.165) is 30.8 Å². The smallest absolute Gasteiger partial charge is 0.182 e. The van der Waals surface area contributed by atoms with Crippen molar-refractivity contribution in [2.24, 2.45) is 0 Å². The SMILES string of the molecule is CCNc1ncc(CN(CC)C2CCCC2)s1. The van der Waals surface area contributed by atoms with Gasteiger partial charge in [-0.3, -0.25) is 4.90 Å². The summed E-state index contributed by atoms with van der Waals surface area (Å²) in [5.74, 6) is 0. The topological polar surface area (TPSA) is 28.2 Å². The van der Waals surface area contributed by atoms with Crippen LogP contribution in [0, 0.1) is 0 Å². The Morgan fingerprint density at radius 2 is 2.18 bits per heavy atom. The molecule has 0 aliphatic heterocycles. The molecule has 1 fully saturated rings. The number of hydrogen-bond donors (Lipinski definition) is 1. The highest BCUT2D eigenvalue weighted by Gasteiger charge is 2.21. The minimum Gasteiger partial charge on any atom is -0.362 e. The Morgan fingerprint density at radius 1 is 1.41 bits per heavy atom. The molecule has 1 N–H and O–H groups in total. The predicted molar refractivity (Wildman–Crippen MR) is 74.6 cm³/mol. The molecular formula is C13H23N3S. The van der Waals surface area contributed by atoms with Crippen molar-refractivity contribution in [3.63, 3.8) is 0 Å². The van der Waals surface area contributed by atoms with Gasteiger partial charge < -0.3 is 5.32 Å². The van der Waals surface area contributed by atoms with E-state index in [9.17, 15) is 0 Å². The van der Waals surface area contributed by atoms with E-state index in [0.29, 0.717) is 0 Å². The largest absolute Gasteiger partial charge is 0.362 e. The van der Waals surface area contributed by atoms with Crippen LogP contribution in [-0.2, 0) is 6.54 Å². The van der Waals surface area contributed by atoms with Crippen LogP contribution in [0.25, 0.3) is 0 Å². The fraction of sp³-hybridized carbons (Fsp3) is 0.769. The van der Waals surface area contributed by atoms with Crippen LogP contribution in [0.3, 0.4) is 0 Å². The molecule has 17 heavy (non-hydrogen) atoms. The van der Waals surface area contributed by atoms with Gasteiger partial charge in [0.05, 0.1) is 0 Å². The van der Waals surface area contributed by atoms with E-state index >= 15 is 0 Å². The molecule has 0 bridgehead atoms. The fourth-order valence-electron chi connectivity index (χ4n) is 2.58. The summed E-state index contributed by atoms with van der Waals surface area (Å²) in [6, 6.07) is 0.810. The Labute approximate surface area is 108 Å². The van der Waals surface area contributed by atoms with Crippen molar-refractivity contribution in [1.82, 2.24) is 9.88 Å². The normalized spacial score (nSPS) is 16.9. The average molecular weight is 253 g/mol. The highest BCUT2D eigenvalue weighted by Crippen LogP contribution is 2.26. The van der Waals surface area contributed by atoms with Crippen molar-refractivity contribution in [2.45, 2.75) is 52.1 Å². The quantitative estimate of drug-likeness (QED) is 0.843. The summed E-state index contributed by atoms with van der Waals surface area (Å²) in [6.07, 6.45) is 7.61. The molecule has 3 nitrogen and oxygen atoms in total. The molecule has 0 spiro atoms. The minimum absolute atomic E-state index is 0.810. The van der Waals surface area contributed by atoms with Crippen molar-refractivity contribution < 1.29 is 0 Å². The first-order valence-electron chi connectivity index (χ1n) is 6.76. The van der Waals surface area contributed by atoms with Gasteiger partial charge in [0.25, 0.3) is 0 Å². The molecule has 2 rings (SSSR count). The van der Waals surface area contributed by atoms with E-state index in [1.165, 1.54) is 30.6 Å². The third-order valence-electron chi connectivity index (χ3n) is 3.49. The van der Waals surface area contributed by atoms with Crippen molar-refractivity contribution in [1.29, 1.82) is 0 Å². The van der Waals surface area contributed by atoms with E-state index in [4.69, 9.17) is 0 Å². The van der Waals surface area contributed by atoms with Gasteiger partial charge in [0.2, 0.25) is 0 Å². The predicted octanol–water partition coefficient (Wildman–Crippen LogP) is 3.34. The van der Waals surface area contributed by atoms with Crippen LogP contribution in [0.15, 0.2) is 6.20 Å². The first kappa shape index (κ1) is 12.8. The van der Waals surface area contributed by atoms with E-state index < -0.39 is 0 Å². The Hall–Kier alpha value is -0.610. The zero-order valence-electron chi connectivity index (χ0n) is 10.9. The lowest BCUT2D eigenvalue weighted by Gasteiger charge is -2.26. The van der Waals surface area contributed by atoms with Gasteiger partial charge in [0.15, 0.2) is 5.13 Å². The van der Waals surface area contributed by atoms with Crippen molar-refractivity contribution >= 4 is 16.5 Å². The van der Waals surface area contributed by atoms with Gasteiger partial charge in [-0.2, -0.15) is 0 Å². The number of thiazole rings is 1. The lowest BCUT2D eigenvalue weighted by Crippen LogP contribution is -2.32. The standard InChI is InChI=1S/C13H23N3S/c1-3-14-13-15-9-12(17-13)10-16(4-2)11-7-5-6-8-11/h9,11H,3-8,10H2,1-2H3,(H,14,15). The molecule has 1 aliphatic rings. The van der Waals surface area contributed by atoms with Crippen molar-refractivity contribution in [3.05, 3.63) is 11.1 Å². The Balaban J connectivity index is 1.92. The highest BCUT2D eigenvalue weighted by atomic mass is 32.1. The minimum atomic E-state index is 0.810. The Kier molecular flexibility index (Phi) is 4.80. The third-order valence-corrected chi connectivity index (χ3v) is 4.43. The van der Waals surface area contributed by atoms with Gasteiger partial charge in [-0.1, -0.05) is 19.8 Å². The molecule has 1 aromatic rings. The second-order valence-electron chi connectivity index (χ2n) is 4.66. The number of hydrogen-bond acceptors (Lipinski definition) is 4. The second kappa shape index (κ2) is 6.36. The molecule has 0 aromatic carbocycles. The first-order valence-corrected chi connectivity index (χ1v) is 7.57. The maximum Gasteiger partial charge on any atom is 0.182 e. The summed E-state index contributed by atoms with van der Waals surface area (Å²) < 4.78 is 0. The molecule has 1 aromatic heterocycles. The molecule has 1 saturated carbocycles. The molecule has 96 valence electrons. The molecule has 0 atom stereocenters. The summed E-state index contributed by atoms with van der Waals surface area (Å²) in [7, 11) is 0. The van der Waals surface area contributed by atoms with Crippen LogP contribution in [-0.4, -0.2) is 29.0 Å². The maximum absolute atomic E-state index is 4.40. The number of nitrogens with one attached hydrogen (secondary N) is 1. The Bertz CT molecular complexity index is 331. The summed E-state index contributed by atoms with van der Waals surface area (Å²) in [5.41, 5.74) is 0. The molecule has 0 radical (unpaired) electrons. The highest BCUT2D eigenvalue weighted by molar-refractivity contribution is 7.15. The molecule has 0 saturated heterocycles. The zero-order chi connectivity index (χ0) is 12.1. The fourth-order valence-corrected chi connectivity index (χ4v) is 3.49. The van der Waals surface area contributed by atoms with Crippen LogP contribution in [0.1, 0.15) is 44.4 Å². The molecule has 1 heterocycles. The van der Waals surface area contributed by atoms with Crippen LogP contribution in [0.2, 0.25) is 0 Å². The molecule has 1 aliphatic carbocycles. The maximum atomic E-state index is 4.40. The van der Waals surface area contributed by atoms with Crippen LogP contribution in [0.5, 0.6) is 0 Å². The van der Waals surface area contributed by atoms with Crippen LogP contribution >= 0.6 is 11.3 Å². The van der Waals surface area contributed by atoms with E-state index in [-0.39, 0.29) is 0 Å². The van der Waals surface area contributed by atoms with Gasteiger partial charge in [0.1, 0.15) is 0 Å². The molecule has 0 unspecified atom stereocenters. The van der Waals surface area contributed by atoms with Gasteiger partial charge in [-0.25, -0.2) is 4.98 Å². The average Bonchev–Trinajstić information content (AvgIpc) is 2.97. The number of anilines is 1. The first-order chi connectivity index (χ1) is 8.33. The summed E-state index contributed by atoms with van der Waals surface area (Å²) in [6.45, 7) is 7.55. The van der Waals surface area contributed by atoms with Gasteiger partial charge in [0, 0.05) is 30.2 Å². The molecule has 4 heteroatoms. The van der Waals surface area contributed by atoms with Crippen LogP contribution in [0.4, 0.5) is 5.13 Å². The van der Waals surface area contributed by atoms with E-state index in [1.54, 1.807) is 11.3 Å². The lowest BCUT2D eigenvalue weighted by atomic mass is 10.2. The van der Waals surface area contributed by atoms with Gasteiger partial charge >= 0.3 is 0 Å². The van der Waals surface area contributed by atoms with Gasteiger partial charge in [-0.15, -0.1) is 11.3 Å². The van der Waals surface area contributed by atoms with Crippen molar-refractivity contribution in [3.8, 4) is 0 Å². The molecular weight excluding hydrogens is 230 g/mol. The number of rotatable bonds is 6. The van der Waals surface area contributed by atoms with Gasteiger partial charge in [-0.05, 0) is 26.3 Å². The number of aromatic nitrogens is 1. The van der Waals surface area contributed by atoms with Crippen LogP contribution < -0.4 is 5.32 Å². The zero-order valence-corrected chi connectivity index (χ0v) is 11.7.